The summed E-state index contributed by atoms with van der Waals surface area (Å²) >= 11 is 6.38. The molecule has 4 nitrogen and oxygen atoms in total. The SMILES string of the molecule is C/C(=C/C(=O)Nc1cccc(Cl)c1N1CCOCC1)c1ccc(F)cc1. The van der Waals surface area contributed by atoms with Crippen LogP contribution in [0.1, 0.15) is 12.5 Å². The van der Waals surface area contributed by atoms with Crippen molar-refractivity contribution in [2.45, 2.75) is 6.92 Å². The van der Waals surface area contributed by atoms with Gasteiger partial charge in [-0.3, -0.25) is 4.79 Å². The largest absolute Gasteiger partial charge is 0.378 e. The van der Waals surface area contributed by atoms with Crippen LogP contribution in [0.15, 0.2) is 48.5 Å². The highest BCUT2D eigenvalue weighted by Crippen LogP contribution is 2.34. The van der Waals surface area contributed by atoms with Crippen molar-refractivity contribution in [2.24, 2.45) is 0 Å². The van der Waals surface area contributed by atoms with E-state index in [4.69, 9.17) is 16.3 Å². The summed E-state index contributed by atoms with van der Waals surface area (Å²) in [5.41, 5.74) is 3.00. The maximum Gasteiger partial charge on any atom is 0.248 e. The molecule has 0 atom stereocenters. The van der Waals surface area contributed by atoms with Gasteiger partial charge in [-0.15, -0.1) is 0 Å². The molecular formula is C20H20ClFN2O2. The lowest BCUT2D eigenvalue weighted by Crippen LogP contribution is -2.37. The molecule has 1 heterocycles. The first-order chi connectivity index (χ1) is 12.5. The number of para-hydroxylation sites is 1. The van der Waals surface area contributed by atoms with E-state index in [9.17, 15) is 9.18 Å². The molecule has 26 heavy (non-hydrogen) atoms. The van der Waals surface area contributed by atoms with Crippen LogP contribution in [-0.2, 0) is 9.53 Å². The molecule has 0 saturated carbocycles. The average molecular weight is 375 g/mol. The molecule has 1 fully saturated rings. The fourth-order valence-electron chi connectivity index (χ4n) is 2.89. The summed E-state index contributed by atoms with van der Waals surface area (Å²) in [7, 11) is 0. The van der Waals surface area contributed by atoms with E-state index in [0.717, 1.165) is 29.9 Å². The predicted octanol–water partition coefficient (Wildman–Crippen LogP) is 4.36. The maximum atomic E-state index is 13.0. The Morgan fingerprint density at radius 2 is 1.88 bits per heavy atom. The zero-order valence-corrected chi connectivity index (χ0v) is 15.2. The average Bonchev–Trinajstić information content (AvgIpc) is 2.63. The van der Waals surface area contributed by atoms with E-state index in [1.165, 1.54) is 18.2 Å². The number of nitrogens with zero attached hydrogens (tertiary/aromatic N) is 1. The number of ether oxygens (including phenoxy) is 1. The lowest BCUT2D eigenvalue weighted by atomic mass is 10.1. The number of hydrogen-bond donors (Lipinski definition) is 1. The molecule has 0 bridgehead atoms. The Hall–Kier alpha value is -2.37. The minimum atomic E-state index is -0.305. The second-order valence-electron chi connectivity index (χ2n) is 6.06. The molecule has 0 spiro atoms. The number of allylic oxidation sites excluding steroid dienone is 1. The summed E-state index contributed by atoms with van der Waals surface area (Å²) < 4.78 is 18.4. The van der Waals surface area contributed by atoms with E-state index in [0.29, 0.717) is 23.9 Å². The van der Waals surface area contributed by atoms with Gasteiger partial charge in [-0.25, -0.2) is 4.39 Å². The Morgan fingerprint density at radius 1 is 1.19 bits per heavy atom. The summed E-state index contributed by atoms with van der Waals surface area (Å²) in [6, 6.07) is 11.5. The first kappa shape index (κ1) is 18.4. The molecule has 0 aromatic heterocycles. The fraction of sp³-hybridized carbons (Fsp3) is 0.250. The molecule has 1 N–H and O–H groups in total. The minimum Gasteiger partial charge on any atom is -0.378 e. The molecule has 1 saturated heterocycles. The van der Waals surface area contributed by atoms with E-state index in [-0.39, 0.29) is 11.7 Å². The van der Waals surface area contributed by atoms with Crippen molar-refractivity contribution >= 4 is 34.5 Å². The number of anilines is 2. The zero-order valence-electron chi connectivity index (χ0n) is 14.5. The minimum absolute atomic E-state index is 0.261. The van der Waals surface area contributed by atoms with E-state index in [1.807, 2.05) is 19.1 Å². The highest BCUT2D eigenvalue weighted by molar-refractivity contribution is 6.34. The summed E-state index contributed by atoms with van der Waals surface area (Å²) in [6.45, 7) is 4.51. The second kappa shape index (κ2) is 8.34. The van der Waals surface area contributed by atoms with Crippen LogP contribution < -0.4 is 10.2 Å². The van der Waals surface area contributed by atoms with Crippen molar-refractivity contribution in [3.8, 4) is 0 Å². The van der Waals surface area contributed by atoms with E-state index >= 15 is 0 Å². The monoisotopic (exact) mass is 374 g/mol. The van der Waals surface area contributed by atoms with Crippen molar-refractivity contribution in [2.75, 3.05) is 36.5 Å². The van der Waals surface area contributed by atoms with Gasteiger partial charge in [0.15, 0.2) is 0 Å². The van der Waals surface area contributed by atoms with Gasteiger partial charge in [0, 0.05) is 19.2 Å². The number of carbonyl (C=O) groups is 1. The van der Waals surface area contributed by atoms with Crippen molar-refractivity contribution in [1.82, 2.24) is 0 Å². The fourth-order valence-corrected chi connectivity index (χ4v) is 3.18. The second-order valence-corrected chi connectivity index (χ2v) is 6.47. The number of morpholine rings is 1. The Kier molecular flexibility index (Phi) is 5.91. The topological polar surface area (TPSA) is 41.6 Å². The van der Waals surface area contributed by atoms with E-state index in [1.54, 1.807) is 18.2 Å². The van der Waals surface area contributed by atoms with Crippen LogP contribution in [0.4, 0.5) is 15.8 Å². The Bertz CT molecular complexity index is 815. The third-order valence-electron chi connectivity index (χ3n) is 4.22. The van der Waals surface area contributed by atoms with Crippen LogP contribution in [0, 0.1) is 5.82 Å². The summed E-state index contributed by atoms with van der Waals surface area (Å²) in [6.07, 6.45) is 1.50. The van der Waals surface area contributed by atoms with Gasteiger partial charge in [-0.2, -0.15) is 0 Å². The van der Waals surface area contributed by atoms with Crippen LogP contribution in [0.2, 0.25) is 5.02 Å². The smallest absolute Gasteiger partial charge is 0.248 e. The molecule has 3 rings (SSSR count). The van der Waals surface area contributed by atoms with Crippen molar-refractivity contribution in [3.05, 3.63) is 64.9 Å². The van der Waals surface area contributed by atoms with Gasteiger partial charge >= 0.3 is 0 Å². The molecule has 2 aromatic rings. The highest BCUT2D eigenvalue weighted by Gasteiger charge is 2.18. The molecule has 136 valence electrons. The zero-order chi connectivity index (χ0) is 18.5. The van der Waals surface area contributed by atoms with Crippen molar-refractivity contribution < 1.29 is 13.9 Å². The number of benzene rings is 2. The predicted molar refractivity (Wildman–Crippen MR) is 103 cm³/mol. The van der Waals surface area contributed by atoms with Crippen LogP contribution in [0.3, 0.4) is 0 Å². The summed E-state index contributed by atoms with van der Waals surface area (Å²) in [5, 5.41) is 3.49. The molecule has 1 aliphatic rings. The van der Waals surface area contributed by atoms with Crippen LogP contribution in [-0.4, -0.2) is 32.2 Å². The van der Waals surface area contributed by atoms with Gasteiger partial charge in [0.05, 0.1) is 29.6 Å². The quantitative estimate of drug-likeness (QED) is 0.808. The van der Waals surface area contributed by atoms with Gasteiger partial charge in [-0.1, -0.05) is 29.8 Å². The first-order valence-electron chi connectivity index (χ1n) is 8.41. The van der Waals surface area contributed by atoms with Crippen LogP contribution in [0.25, 0.3) is 5.57 Å². The molecule has 0 radical (unpaired) electrons. The number of hydrogen-bond acceptors (Lipinski definition) is 3. The normalized spacial score (nSPS) is 15.0. The molecule has 1 aliphatic heterocycles. The van der Waals surface area contributed by atoms with Crippen LogP contribution in [0.5, 0.6) is 0 Å². The Labute approximate surface area is 157 Å². The summed E-state index contributed by atoms with van der Waals surface area (Å²) in [5.74, 6) is -0.566. The van der Waals surface area contributed by atoms with Crippen molar-refractivity contribution in [1.29, 1.82) is 0 Å². The lowest BCUT2D eigenvalue weighted by Gasteiger charge is -2.31. The van der Waals surface area contributed by atoms with Crippen molar-refractivity contribution in [3.63, 3.8) is 0 Å². The number of amides is 1. The van der Waals surface area contributed by atoms with Gasteiger partial charge in [-0.05, 0) is 42.3 Å². The summed E-state index contributed by atoms with van der Waals surface area (Å²) in [4.78, 5) is 14.6. The standard InChI is InChI=1S/C20H20ClFN2O2/c1-14(15-5-7-16(22)8-6-15)13-19(25)23-18-4-2-3-17(21)20(18)24-9-11-26-12-10-24/h2-8,13H,9-12H2,1H3,(H,23,25)/b14-13-. The van der Waals surface area contributed by atoms with Crippen LogP contribution >= 0.6 is 11.6 Å². The number of carbonyl (C=O) groups excluding carboxylic acids is 1. The third kappa shape index (κ3) is 4.42. The van der Waals surface area contributed by atoms with E-state index in [2.05, 4.69) is 10.2 Å². The first-order valence-corrected chi connectivity index (χ1v) is 8.79. The van der Waals surface area contributed by atoms with Gasteiger partial charge < -0.3 is 15.0 Å². The maximum absolute atomic E-state index is 13.0. The third-order valence-corrected chi connectivity index (χ3v) is 4.52. The molecule has 0 unspecified atom stereocenters. The Balaban J connectivity index is 1.80. The molecule has 2 aromatic carbocycles. The number of nitrogens with one attached hydrogen (secondary N) is 1. The van der Waals surface area contributed by atoms with Gasteiger partial charge in [0.25, 0.3) is 0 Å². The van der Waals surface area contributed by atoms with Gasteiger partial charge in [0.2, 0.25) is 5.91 Å². The number of halogens is 2. The lowest BCUT2D eigenvalue weighted by molar-refractivity contribution is -0.111. The number of rotatable bonds is 4. The Morgan fingerprint density at radius 3 is 2.58 bits per heavy atom. The molecular weight excluding hydrogens is 355 g/mol. The molecule has 6 heteroatoms. The molecule has 1 amide bonds. The highest BCUT2D eigenvalue weighted by atomic mass is 35.5. The van der Waals surface area contributed by atoms with Gasteiger partial charge in [0.1, 0.15) is 5.82 Å². The molecule has 0 aliphatic carbocycles. The van der Waals surface area contributed by atoms with E-state index < -0.39 is 0 Å².